The topological polar surface area (TPSA) is 28.2 Å². The van der Waals surface area contributed by atoms with E-state index in [4.69, 9.17) is 4.98 Å². The molecule has 2 aromatic heterocycles. The fraction of sp³-hybridized carbons (Fsp3) is 0.562. The van der Waals surface area contributed by atoms with Crippen molar-refractivity contribution in [3.05, 3.63) is 33.0 Å². The average molecular weight is 322 g/mol. The van der Waals surface area contributed by atoms with E-state index < -0.39 is 0 Å². The van der Waals surface area contributed by atoms with Crippen LogP contribution in [0.25, 0.3) is 0 Å². The van der Waals surface area contributed by atoms with Gasteiger partial charge in [0.2, 0.25) is 0 Å². The van der Waals surface area contributed by atoms with Gasteiger partial charge in [0.05, 0.1) is 12.2 Å². The van der Waals surface area contributed by atoms with Gasteiger partial charge in [0.25, 0.3) is 0 Å². The summed E-state index contributed by atoms with van der Waals surface area (Å²) < 4.78 is 0. The molecule has 3 rings (SSSR count). The normalized spacial score (nSPS) is 14.6. The van der Waals surface area contributed by atoms with Crippen molar-refractivity contribution in [3.63, 3.8) is 0 Å². The van der Waals surface area contributed by atoms with Crippen LogP contribution in [0.1, 0.15) is 47.6 Å². The summed E-state index contributed by atoms with van der Waals surface area (Å²) in [6.07, 6.45) is 3.82. The smallest absolute Gasteiger partial charge is 0.185 e. The summed E-state index contributed by atoms with van der Waals surface area (Å²) in [7, 11) is 2.15. The van der Waals surface area contributed by atoms with Crippen molar-refractivity contribution in [1.29, 1.82) is 0 Å². The third kappa shape index (κ3) is 3.84. The van der Waals surface area contributed by atoms with Gasteiger partial charge in [-0.05, 0) is 37.3 Å². The van der Waals surface area contributed by atoms with Crippen LogP contribution in [0.15, 0.2) is 17.5 Å². The van der Waals surface area contributed by atoms with Gasteiger partial charge in [-0.2, -0.15) is 0 Å². The first-order valence-electron chi connectivity index (χ1n) is 7.71. The van der Waals surface area contributed by atoms with E-state index in [0.717, 1.165) is 25.6 Å². The van der Waals surface area contributed by atoms with Gasteiger partial charge in [-0.15, -0.1) is 22.7 Å². The fourth-order valence-corrected chi connectivity index (χ4v) is 4.23. The van der Waals surface area contributed by atoms with E-state index in [1.54, 1.807) is 0 Å². The van der Waals surface area contributed by atoms with E-state index >= 15 is 0 Å². The molecular weight excluding hydrogens is 298 g/mol. The molecule has 3 nitrogen and oxygen atoms in total. The van der Waals surface area contributed by atoms with Gasteiger partial charge in [0, 0.05) is 29.3 Å². The zero-order chi connectivity index (χ0) is 14.7. The summed E-state index contributed by atoms with van der Waals surface area (Å²) in [5, 5.41) is 6.83. The highest BCUT2D eigenvalue weighted by Gasteiger charge is 2.30. The van der Waals surface area contributed by atoms with Crippen molar-refractivity contribution in [3.8, 4) is 0 Å². The highest BCUT2D eigenvalue weighted by Crippen LogP contribution is 2.44. The predicted molar refractivity (Wildman–Crippen MR) is 92.5 cm³/mol. The van der Waals surface area contributed by atoms with Crippen molar-refractivity contribution in [2.24, 2.45) is 0 Å². The van der Waals surface area contributed by atoms with Gasteiger partial charge in [-0.3, -0.25) is 0 Å². The Balaban J connectivity index is 1.71. The summed E-state index contributed by atoms with van der Waals surface area (Å²) >= 11 is 3.68. The molecule has 21 heavy (non-hydrogen) atoms. The first-order valence-corrected chi connectivity index (χ1v) is 9.41. The molecule has 1 aliphatic rings. The highest BCUT2D eigenvalue weighted by atomic mass is 32.1. The van der Waals surface area contributed by atoms with Gasteiger partial charge in [-0.1, -0.05) is 13.0 Å². The van der Waals surface area contributed by atoms with Crippen LogP contribution in [-0.4, -0.2) is 18.6 Å². The first-order chi connectivity index (χ1) is 10.3. The van der Waals surface area contributed by atoms with E-state index in [0.29, 0.717) is 0 Å². The fourth-order valence-electron chi connectivity index (χ4n) is 2.40. The zero-order valence-electron chi connectivity index (χ0n) is 12.8. The number of hydrogen-bond donors (Lipinski definition) is 1. The molecule has 0 atom stereocenters. The second-order valence-electron chi connectivity index (χ2n) is 5.69. The lowest BCUT2D eigenvalue weighted by Gasteiger charge is -2.14. The van der Waals surface area contributed by atoms with Crippen molar-refractivity contribution in [2.75, 3.05) is 18.5 Å². The Morgan fingerprint density at radius 1 is 1.43 bits per heavy atom. The maximum Gasteiger partial charge on any atom is 0.185 e. The van der Waals surface area contributed by atoms with Crippen molar-refractivity contribution in [1.82, 2.24) is 10.3 Å². The Bertz CT molecular complexity index is 558. The van der Waals surface area contributed by atoms with Crippen molar-refractivity contribution < 1.29 is 0 Å². The van der Waals surface area contributed by atoms with Crippen molar-refractivity contribution >= 4 is 27.8 Å². The zero-order valence-corrected chi connectivity index (χ0v) is 14.4. The summed E-state index contributed by atoms with van der Waals surface area (Å²) in [4.78, 5) is 10.1. The predicted octanol–water partition coefficient (Wildman–Crippen LogP) is 4.22. The van der Waals surface area contributed by atoms with Gasteiger partial charge in [-0.25, -0.2) is 4.98 Å². The third-order valence-electron chi connectivity index (χ3n) is 3.69. The number of thiazole rings is 1. The molecule has 0 aliphatic heterocycles. The minimum atomic E-state index is 0.726. The van der Waals surface area contributed by atoms with E-state index in [9.17, 15) is 0 Å². The molecule has 5 heteroatoms. The summed E-state index contributed by atoms with van der Waals surface area (Å²) in [5.74, 6) is 0.726. The molecule has 0 amide bonds. The molecule has 1 aliphatic carbocycles. The number of anilines is 1. The molecule has 1 saturated carbocycles. The van der Waals surface area contributed by atoms with Gasteiger partial charge in [0.1, 0.15) is 0 Å². The second kappa shape index (κ2) is 6.90. The number of aromatic nitrogens is 1. The largest absolute Gasteiger partial charge is 0.346 e. The van der Waals surface area contributed by atoms with Gasteiger partial charge in [0.15, 0.2) is 5.13 Å². The van der Waals surface area contributed by atoms with Crippen LogP contribution in [0.2, 0.25) is 0 Å². The molecule has 0 saturated heterocycles. The molecular formula is C16H23N3S2. The van der Waals surface area contributed by atoms with Crippen LogP contribution in [-0.2, 0) is 13.1 Å². The minimum Gasteiger partial charge on any atom is -0.346 e. The highest BCUT2D eigenvalue weighted by molar-refractivity contribution is 7.15. The lowest BCUT2D eigenvalue weighted by Crippen LogP contribution is -2.15. The molecule has 0 aromatic carbocycles. The number of rotatable bonds is 8. The summed E-state index contributed by atoms with van der Waals surface area (Å²) in [6.45, 7) is 5.23. The summed E-state index contributed by atoms with van der Waals surface area (Å²) in [6, 6.07) is 4.31. The van der Waals surface area contributed by atoms with Gasteiger partial charge < -0.3 is 10.2 Å². The molecule has 0 radical (unpaired) electrons. The van der Waals surface area contributed by atoms with E-state index in [2.05, 4.69) is 41.7 Å². The molecule has 0 bridgehead atoms. The van der Waals surface area contributed by atoms with Crippen LogP contribution in [0.5, 0.6) is 0 Å². The van der Waals surface area contributed by atoms with E-state index in [-0.39, 0.29) is 0 Å². The molecule has 0 spiro atoms. The Morgan fingerprint density at radius 3 is 2.95 bits per heavy atom. The second-order valence-corrected chi connectivity index (χ2v) is 7.79. The van der Waals surface area contributed by atoms with Crippen LogP contribution in [0.4, 0.5) is 5.13 Å². The Kier molecular flexibility index (Phi) is 4.93. The lowest BCUT2D eigenvalue weighted by atomic mass is 10.2. The summed E-state index contributed by atoms with van der Waals surface area (Å²) in [5.41, 5.74) is 1.36. The van der Waals surface area contributed by atoms with Gasteiger partial charge >= 0.3 is 0 Å². The molecule has 1 fully saturated rings. The van der Waals surface area contributed by atoms with Crippen LogP contribution in [0.3, 0.4) is 0 Å². The van der Waals surface area contributed by atoms with Crippen molar-refractivity contribution in [2.45, 2.75) is 45.2 Å². The quantitative estimate of drug-likeness (QED) is 0.738. The molecule has 114 valence electrons. The third-order valence-corrected chi connectivity index (χ3v) is 5.74. The number of nitrogens with zero attached hydrogens (tertiary/aromatic N) is 2. The number of thiophene rings is 1. The monoisotopic (exact) mass is 321 g/mol. The van der Waals surface area contributed by atoms with E-state index in [1.165, 1.54) is 39.8 Å². The average Bonchev–Trinajstić information content (AvgIpc) is 3.02. The standard InChI is InChI=1S/C16H23N3S2/c1-3-8-17-10-14-15(12-6-7-12)18-16(21-14)19(2)11-13-5-4-9-20-13/h4-5,9,12,17H,3,6-8,10-11H2,1-2H3. The molecule has 0 unspecified atom stereocenters. The Labute approximate surface area is 135 Å². The minimum absolute atomic E-state index is 0.726. The number of hydrogen-bond acceptors (Lipinski definition) is 5. The SMILES string of the molecule is CCCNCc1sc(N(C)Cc2cccs2)nc1C1CC1. The molecule has 2 aromatic rings. The van der Waals surface area contributed by atoms with Crippen LogP contribution >= 0.6 is 22.7 Å². The maximum absolute atomic E-state index is 4.94. The number of nitrogens with one attached hydrogen (secondary N) is 1. The molecule has 2 heterocycles. The first kappa shape index (κ1) is 15.0. The molecule has 1 N–H and O–H groups in total. The van der Waals surface area contributed by atoms with Crippen LogP contribution < -0.4 is 10.2 Å². The van der Waals surface area contributed by atoms with Crippen LogP contribution in [0, 0.1) is 0 Å². The maximum atomic E-state index is 4.94. The lowest BCUT2D eigenvalue weighted by molar-refractivity contribution is 0.676. The Hall–Kier alpha value is -0.910. The van der Waals surface area contributed by atoms with E-state index in [1.807, 2.05) is 22.7 Å². The Morgan fingerprint density at radius 2 is 2.29 bits per heavy atom.